The van der Waals surface area contributed by atoms with Gasteiger partial charge in [-0.2, -0.15) is 5.26 Å². The molecule has 0 fully saturated rings. The summed E-state index contributed by atoms with van der Waals surface area (Å²) in [5, 5.41) is 9.19. The van der Waals surface area contributed by atoms with Crippen molar-refractivity contribution in [2.45, 2.75) is 232 Å². The number of aryl methyl sites for hydroxylation is 2. The molecule has 0 aliphatic heterocycles. The second-order valence-electron chi connectivity index (χ2n) is 24.6. The van der Waals surface area contributed by atoms with Gasteiger partial charge in [0.2, 0.25) is 0 Å². The lowest BCUT2D eigenvalue weighted by Crippen LogP contribution is -2.10. The number of unbranched alkanes of at least 4 members (excludes halogenated alkanes) is 28. The standard InChI is InChI=1S/C80H105N5O6/c1-3-5-7-9-23-29-35-66-61-82-78(83-62-66)70-43-48-73(49-44-70)87-55-31-25-19-15-11-13-17-21-27-33-57-89-76-54-47-72(80(86)91-75-52-41-69(42-53-75)68-39-37-65(60-81)38-40-68)59-77(76)90-58-34-28-22-18-14-12-16-20-26-32-56-88-74-50-45-71(46-51-74)79-84-63-67(64-85-79)36-30-24-10-8-6-4-2/h37-54,59,61-64H,3-36,55-58H2,1-2H3. The minimum Gasteiger partial charge on any atom is -0.494 e. The molecule has 0 amide bonds. The number of hydrogen-bond donors (Lipinski definition) is 0. The van der Waals surface area contributed by atoms with E-state index in [1.807, 2.05) is 79.4 Å². The normalized spacial score (nSPS) is 11.1. The summed E-state index contributed by atoms with van der Waals surface area (Å²) in [7, 11) is 0. The molecule has 0 radical (unpaired) electrons. The van der Waals surface area contributed by atoms with Crippen LogP contribution in [0.4, 0.5) is 0 Å². The van der Waals surface area contributed by atoms with Crippen molar-refractivity contribution < 1.29 is 28.5 Å². The third-order valence-corrected chi connectivity index (χ3v) is 17.0. The summed E-state index contributed by atoms with van der Waals surface area (Å²) in [5.41, 5.74) is 7.43. The second-order valence-corrected chi connectivity index (χ2v) is 24.6. The van der Waals surface area contributed by atoms with Crippen LogP contribution in [0.2, 0.25) is 0 Å². The molecule has 0 aliphatic carbocycles. The first-order chi connectivity index (χ1) is 45.0. The maximum atomic E-state index is 13.5. The van der Waals surface area contributed by atoms with Crippen molar-refractivity contribution in [1.82, 2.24) is 19.9 Å². The Morgan fingerprint density at radius 2 is 0.681 bits per heavy atom. The topological polar surface area (TPSA) is 139 Å². The highest BCUT2D eigenvalue weighted by molar-refractivity contribution is 5.92. The van der Waals surface area contributed by atoms with Gasteiger partial charge in [0.15, 0.2) is 23.1 Å². The largest absolute Gasteiger partial charge is 0.494 e. The van der Waals surface area contributed by atoms with E-state index in [1.165, 1.54) is 178 Å². The monoisotopic (exact) mass is 1230 g/mol. The van der Waals surface area contributed by atoms with Gasteiger partial charge in [-0.15, -0.1) is 0 Å². The van der Waals surface area contributed by atoms with Crippen LogP contribution >= 0.6 is 0 Å². The van der Waals surface area contributed by atoms with E-state index < -0.39 is 5.97 Å². The van der Waals surface area contributed by atoms with Gasteiger partial charge in [-0.25, -0.2) is 24.7 Å². The molecule has 0 unspecified atom stereocenters. The fourth-order valence-electron chi connectivity index (χ4n) is 11.4. The minimum absolute atomic E-state index is 0.406. The average molecular weight is 1230 g/mol. The molecule has 11 nitrogen and oxygen atoms in total. The molecule has 7 rings (SSSR count). The molecule has 0 bridgehead atoms. The van der Waals surface area contributed by atoms with Crippen molar-refractivity contribution in [3.63, 3.8) is 0 Å². The van der Waals surface area contributed by atoms with Crippen LogP contribution in [0, 0.1) is 11.3 Å². The Labute approximate surface area is 546 Å². The summed E-state index contributed by atoms with van der Waals surface area (Å²) in [5.74, 6) is 4.54. The number of rotatable bonds is 49. The number of nitrogens with zero attached hydrogens (tertiary/aromatic N) is 5. The van der Waals surface area contributed by atoms with Crippen molar-refractivity contribution in [3.8, 4) is 68.7 Å². The average Bonchev–Trinajstić information content (AvgIpc) is 3.07. The van der Waals surface area contributed by atoms with E-state index in [4.69, 9.17) is 23.7 Å². The summed E-state index contributed by atoms with van der Waals surface area (Å²) >= 11 is 0. The van der Waals surface area contributed by atoms with Gasteiger partial charge in [0.05, 0.1) is 43.6 Å². The highest BCUT2D eigenvalue weighted by atomic mass is 16.5. The van der Waals surface area contributed by atoms with E-state index >= 15 is 0 Å². The number of hydrogen-bond acceptors (Lipinski definition) is 11. The van der Waals surface area contributed by atoms with Crippen LogP contribution in [-0.4, -0.2) is 52.3 Å². The Balaban J connectivity index is 0.723. The van der Waals surface area contributed by atoms with Gasteiger partial charge in [0.1, 0.15) is 17.2 Å². The molecule has 0 saturated heterocycles. The predicted molar refractivity (Wildman–Crippen MR) is 371 cm³/mol. The van der Waals surface area contributed by atoms with Gasteiger partial charge < -0.3 is 23.7 Å². The first-order valence-corrected chi connectivity index (χ1v) is 35.3. The number of carbonyl (C=O) groups excluding carboxylic acids is 1. The minimum atomic E-state index is -0.457. The third-order valence-electron chi connectivity index (χ3n) is 17.0. The number of nitriles is 1. The van der Waals surface area contributed by atoms with E-state index in [-0.39, 0.29) is 0 Å². The van der Waals surface area contributed by atoms with E-state index in [1.54, 1.807) is 36.4 Å². The van der Waals surface area contributed by atoms with E-state index in [0.717, 1.165) is 110 Å². The molecule has 0 spiro atoms. The first kappa shape index (κ1) is 70.9. The van der Waals surface area contributed by atoms with Gasteiger partial charge in [-0.3, -0.25) is 0 Å². The lowest BCUT2D eigenvalue weighted by molar-refractivity contribution is 0.0734. The summed E-state index contributed by atoms with van der Waals surface area (Å²) in [6.45, 7) is 7.13. The summed E-state index contributed by atoms with van der Waals surface area (Å²) < 4.78 is 30.7. The fraction of sp³-hybridized carbons (Fsp3) is 0.500. The molecule has 0 atom stereocenters. The van der Waals surface area contributed by atoms with E-state index in [0.29, 0.717) is 41.6 Å². The molecule has 0 N–H and O–H groups in total. The van der Waals surface area contributed by atoms with Crippen molar-refractivity contribution >= 4 is 5.97 Å². The summed E-state index contributed by atoms with van der Waals surface area (Å²) in [6, 6.07) is 38.7. The molecule has 91 heavy (non-hydrogen) atoms. The molecular weight excluding hydrogens is 1130 g/mol. The van der Waals surface area contributed by atoms with Gasteiger partial charge in [-0.1, -0.05) is 205 Å². The van der Waals surface area contributed by atoms with Crippen LogP contribution in [0.25, 0.3) is 33.9 Å². The van der Waals surface area contributed by atoms with E-state index in [2.05, 4.69) is 64.1 Å². The molecule has 11 heteroatoms. The Morgan fingerprint density at radius 1 is 0.352 bits per heavy atom. The lowest BCUT2D eigenvalue weighted by Gasteiger charge is -2.14. The molecule has 0 saturated carbocycles. The molecule has 2 heterocycles. The van der Waals surface area contributed by atoms with Gasteiger partial charge in [0.25, 0.3) is 0 Å². The third kappa shape index (κ3) is 28.2. The van der Waals surface area contributed by atoms with Crippen molar-refractivity contribution in [2.24, 2.45) is 0 Å². The first-order valence-electron chi connectivity index (χ1n) is 35.3. The number of ether oxygens (including phenoxy) is 5. The molecule has 0 aliphatic rings. The Morgan fingerprint density at radius 3 is 1.08 bits per heavy atom. The van der Waals surface area contributed by atoms with E-state index in [9.17, 15) is 10.1 Å². The lowest BCUT2D eigenvalue weighted by atomic mass is 10.0. The molecule has 2 aromatic heterocycles. The highest BCUT2D eigenvalue weighted by Gasteiger charge is 2.15. The van der Waals surface area contributed by atoms with Crippen LogP contribution in [0.15, 0.2) is 140 Å². The van der Waals surface area contributed by atoms with Gasteiger partial charge in [0, 0.05) is 35.9 Å². The molecule has 486 valence electrons. The zero-order valence-electron chi connectivity index (χ0n) is 55.3. The van der Waals surface area contributed by atoms with Gasteiger partial charge >= 0.3 is 5.97 Å². The van der Waals surface area contributed by atoms with Crippen LogP contribution in [0.5, 0.6) is 28.7 Å². The van der Waals surface area contributed by atoms with Crippen LogP contribution in [0.3, 0.4) is 0 Å². The van der Waals surface area contributed by atoms with Crippen molar-refractivity contribution in [1.29, 1.82) is 5.26 Å². The fourth-order valence-corrected chi connectivity index (χ4v) is 11.4. The van der Waals surface area contributed by atoms with Crippen LogP contribution < -0.4 is 23.7 Å². The quantitative estimate of drug-likeness (QED) is 0.0205. The molecular formula is C80H105N5O6. The zero-order chi connectivity index (χ0) is 63.4. The molecule has 7 aromatic rings. The molecule has 5 aromatic carbocycles. The van der Waals surface area contributed by atoms with Crippen molar-refractivity contribution in [3.05, 3.63) is 162 Å². The number of aromatic nitrogens is 4. The van der Waals surface area contributed by atoms with Crippen molar-refractivity contribution in [2.75, 3.05) is 26.4 Å². The maximum absolute atomic E-state index is 13.5. The maximum Gasteiger partial charge on any atom is 0.343 e. The summed E-state index contributed by atoms with van der Waals surface area (Å²) in [4.78, 5) is 32.1. The zero-order valence-corrected chi connectivity index (χ0v) is 55.3. The Kier molecular flexibility index (Phi) is 34.3. The number of esters is 1. The highest BCUT2D eigenvalue weighted by Crippen LogP contribution is 2.31. The summed E-state index contributed by atoms with van der Waals surface area (Å²) in [6.07, 6.45) is 49.0. The van der Waals surface area contributed by atoms with Crippen LogP contribution in [-0.2, 0) is 12.8 Å². The SMILES string of the molecule is CCCCCCCCc1cnc(-c2ccc(OCCCCCCCCCCCCOc3ccc(C(=O)Oc4ccc(-c5ccc(C#N)cc5)cc4)cc3OCCCCCCCCCCCCOc3ccc(-c4ncc(CCCCCCCC)cn4)cc3)cc2)nc1. The second kappa shape index (κ2) is 44.0. The predicted octanol–water partition coefficient (Wildman–Crippen LogP) is 21.9. The number of benzene rings is 5. The smallest absolute Gasteiger partial charge is 0.343 e. The van der Waals surface area contributed by atoms with Gasteiger partial charge in [-0.05, 0) is 165 Å². The Bertz CT molecular complexity index is 3070. The van der Waals surface area contributed by atoms with Crippen LogP contribution in [0.1, 0.15) is 246 Å². The number of carbonyl (C=O) groups is 1. The Hall–Kier alpha value is -7.58.